The van der Waals surface area contributed by atoms with Gasteiger partial charge in [0.25, 0.3) is 0 Å². The molecule has 1 fully saturated rings. The van der Waals surface area contributed by atoms with Gasteiger partial charge in [0.1, 0.15) is 18.2 Å². The van der Waals surface area contributed by atoms with Crippen molar-refractivity contribution in [2.75, 3.05) is 11.5 Å². The molecule has 0 radical (unpaired) electrons. The Morgan fingerprint density at radius 3 is 2.47 bits per heavy atom. The summed E-state index contributed by atoms with van der Waals surface area (Å²) in [5, 5.41) is 36.3. The molecule has 0 aromatic carbocycles. The molecule has 1 heterocycles. The number of hydrogen-bond acceptors (Lipinski definition) is 7. The van der Waals surface area contributed by atoms with Crippen molar-refractivity contribution in [2.24, 2.45) is 5.73 Å². The maximum Gasteiger partial charge on any atom is 0.320 e. The summed E-state index contributed by atoms with van der Waals surface area (Å²) >= 11 is 1.35. The molecule has 0 aliphatic carbocycles. The number of carbonyl (C=O) groups is 1. The van der Waals surface area contributed by atoms with Crippen LogP contribution in [0.25, 0.3) is 0 Å². The number of aliphatic carboxylic acids is 1. The third-order valence-corrected chi connectivity index (χ3v) is 3.60. The smallest absolute Gasteiger partial charge is 0.320 e. The first kappa shape index (κ1) is 14.7. The number of aliphatic hydroxyl groups is 3. The zero-order chi connectivity index (χ0) is 13.0. The van der Waals surface area contributed by atoms with Gasteiger partial charge < -0.3 is 30.9 Å². The zero-order valence-corrected chi connectivity index (χ0v) is 9.92. The Kier molecular flexibility index (Phi) is 5.63. The van der Waals surface area contributed by atoms with Gasteiger partial charge in [-0.25, -0.2) is 0 Å². The molecular weight excluding hydrogens is 250 g/mol. The molecule has 100 valence electrons. The number of carboxylic acid groups (broad SMARTS) is 1. The van der Waals surface area contributed by atoms with E-state index in [1.54, 1.807) is 0 Å². The van der Waals surface area contributed by atoms with Crippen molar-refractivity contribution in [3.05, 3.63) is 0 Å². The highest BCUT2D eigenvalue weighted by atomic mass is 32.2. The van der Waals surface area contributed by atoms with Crippen LogP contribution in [-0.4, -0.2) is 68.5 Å². The lowest BCUT2D eigenvalue weighted by Gasteiger charge is -2.14. The van der Waals surface area contributed by atoms with E-state index in [0.717, 1.165) is 0 Å². The van der Waals surface area contributed by atoms with Crippen molar-refractivity contribution >= 4 is 17.7 Å². The van der Waals surface area contributed by atoms with Crippen molar-refractivity contribution in [2.45, 2.75) is 37.1 Å². The number of carboxylic acids is 1. The maximum atomic E-state index is 10.4. The molecule has 0 unspecified atom stereocenters. The first-order valence-electron chi connectivity index (χ1n) is 5.19. The second-order valence-electron chi connectivity index (χ2n) is 3.85. The molecule has 1 aliphatic heterocycles. The molecule has 6 N–H and O–H groups in total. The summed E-state index contributed by atoms with van der Waals surface area (Å²) < 4.78 is 4.93. The molecular formula is C9H17NO6S. The quantitative estimate of drug-likeness (QED) is 0.348. The molecule has 0 aromatic rings. The van der Waals surface area contributed by atoms with Gasteiger partial charge in [0.05, 0.1) is 6.10 Å². The van der Waals surface area contributed by atoms with E-state index in [1.807, 2.05) is 0 Å². The van der Waals surface area contributed by atoms with Crippen molar-refractivity contribution < 1.29 is 30.0 Å². The molecule has 0 aromatic heterocycles. The minimum absolute atomic E-state index is 0.313. The van der Waals surface area contributed by atoms with Crippen LogP contribution >= 0.6 is 11.8 Å². The SMILES string of the molecule is N[C@@H](CCSC[C@H]1O[C@H](O)[C@H](O)[C@@H]1O)C(=O)O. The molecule has 1 saturated heterocycles. The van der Waals surface area contributed by atoms with E-state index < -0.39 is 36.6 Å². The van der Waals surface area contributed by atoms with Gasteiger partial charge in [-0.05, 0) is 12.2 Å². The van der Waals surface area contributed by atoms with Crippen LogP contribution < -0.4 is 5.73 Å². The summed E-state index contributed by atoms with van der Waals surface area (Å²) in [6.45, 7) is 0. The van der Waals surface area contributed by atoms with E-state index in [0.29, 0.717) is 17.9 Å². The highest BCUT2D eigenvalue weighted by Gasteiger charge is 2.41. The van der Waals surface area contributed by atoms with Crippen molar-refractivity contribution in [1.29, 1.82) is 0 Å². The summed E-state index contributed by atoms with van der Waals surface area (Å²) in [5.74, 6) is -0.179. The Morgan fingerprint density at radius 1 is 1.35 bits per heavy atom. The van der Waals surface area contributed by atoms with E-state index in [4.69, 9.17) is 20.7 Å². The standard InChI is InChI=1S/C9H17NO6S/c10-4(8(13)14)1-2-17-3-5-6(11)7(12)9(15)16-5/h4-7,9,11-12,15H,1-3,10H2,(H,13,14)/t4-,5+,6+,7+,9-/m0/s1. The van der Waals surface area contributed by atoms with E-state index in [2.05, 4.69) is 0 Å². The van der Waals surface area contributed by atoms with E-state index in [1.165, 1.54) is 11.8 Å². The molecule has 0 saturated carbocycles. The largest absolute Gasteiger partial charge is 0.480 e. The third kappa shape index (κ3) is 4.09. The van der Waals surface area contributed by atoms with Gasteiger partial charge in [0.2, 0.25) is 0 Å². The van der Waals surface area contributed by atoms with E-state index in [-0.39, 0.29) is 0 Å². The van der Waals surface area contributed by atoms with E-state index >= 15 is 0 Å². The Labute approximate surface area is 103 Å². The van der Waals surface area contributed by atoms with Crippen LogP contribution in [0.4, 0.5) is 0 Å². The fourth-order valence-electron chi connectivity index (χ4n) is 1.40. The Bertz CT molecular complexity index is 266. The number of nitrogens with two attached hydrogens (primary N) is 1. The average molecular weight is 267 g/mol. The van der Waals surface area contributed by atoms with Crippen LogP contribution in [0.1, 0.15) is 6.42 Å². The van der Waals surface area contributed by atoms with Crippen LogP contribution in [0.3, 0.4) is 0 Å². The van der Waals surface area contributed by atoms with Crippen molar-refractivity contribution in [3.63, 3.8) is 0 Å². The van der Waals surface area contributed by atoms with E-state index in [9.17, 15) is 15.0 Å². The van der Waals surface area contributed by atoms with Crippen molar-refractivity contribution in [3.8, 4) is 0 Å². The van der Waals surface area contributed by atoms with Crippen LogP contribution in [-0.2, 0) is 9.53 Å². The lowest BCUT2D eigenvalue weighted by atomic mass is 10.2. The topological polar surface area (TPSA) is 133 Å². The molecule has 17 heavy (non-hydrogen) atoms. The Balaban J connectivity index is 2.17. The minimum atomic E-state index is -1.36. The summed E-state index contributed by atoms with van der Waals surface area (Å²) in [6.07, 6.45) is -4.11. The summed E-state index contributed by atoms with van der Waals surface area (Å²) in [5.41, 5.74) is 5.31. The second-order valence-corrected chi connectivity index (χ2v) is 5.00. The zero-order valence-electron chi connectivity index (χ0n) is 9.10. The molecule has 5 atom stereocenters. The number of rotatable bonds is 6. The molecule has 1 rings (SSSR count). The highest BCUT2D eigenvalue weighted by molar-refractivity contribution is 7.99. The predicted molar refractivity (Wildman–Crippen MR) is 60.4 cm³/mol. The van der Waals surface area contributed by atoms with Gasteiger partial charge >= 0.3 is 5.97 Å². The number of hydrogen-bond donors (Lipinski definition) is 5. The van der Waals surface area contributed by atoms with Gasteiger partial charge in [-0.15, -0.1) is 0 Å². The number of thioether (sulfide) groups is 1. The Morgan fingerprint density at radius 2 is 2.00 bits per heavy atom. The summed E-state index contributed by atoms with van der Waals surface area (Å²) in [6, 6.07) is -0.895. The van der Waals surface area contributed by atoms with Gasteiger partial charge in [-0.3, -0.25) is 4.79 Å². The fraction of sp³-hybridized carbons (Fsp3) is 0.889. The fourth-order valence-corrected chi connectivity index (χ4v) is 2.50. The maximum absolute atomic E-state index is 10.4. The molecule has 1 aliphatic rings. The highest BCUT2D eigenvalue weighted by Crippen LogP contribution is 2.23. The minimum Gasteiger partial charge on any atom is -0.480 e. The first-order valence-corrected chi connectivity index (χ1v) is 6.34. The second kappa shape index (κ2) is 6.53. The number of ether oxygens (including phenoxy) is 1. The first-order chi connectivity index (χ1) is 7.93. The molecule has 0 amide bonds. The molecule has 0 bridgehead atoms. The van der Waals surface area contributed by atoms with Gasteiger partial charge in [0.15, 0.2) is 6.29 Å². The normalized spacial score (nSPS) is 34.8. The summed E-state index contributed by atoms with van der Waals surface area (Å²) in [4.78, 5) is 10.4. The lowest BCUT2D eigenvalue weighted by Crippen LogP contribution is -2.33. The van der Waals surface area contributed by atoms with Crippen LogP contribution in [0.5, 0.6) is 0 Å². The third-order valence-electron chi connectivity index (χ3n) is 2.51. The van der Waals surface area contributed by atoms with Gasteiger partial charge in [-0.1, -0.05) is 0 Å². The summed E-state index contributed by atoms with van der Waals surface area (Å²) in [7, 11) is 0. The predicted octanol–water partition coefficient (Wildman–Crippen LogP) is -2.04. The van der Waals surface area contributed by atoms with Crippen LogP contribution in [0.15, 0.2) is 0 Å². The molecule has 0 spiro atoms. The average Bonchev–Trinajstić information content (AvgIpc) is 2.52. The molecule has 8 heteroatoms. The van der Waals surface area contributed by atoms with Gasteiger partial charge in [0, 0.05) is 5.75 Å². The van der Waals surface area contributed by atoms with Gasteiger partial charge in [-0.2, -0.15) is 11.8 Å². The lowest BCUT2D eigenvalue weighted by molar-refractivity contribution is -0.138. The van der Waals surface area contributed by atoms with Crippen molar-refractivity contribution in [1.82, 2.24) is 0 Å². The number of aliphatic hydroxyl groups excluding tert-OH is 3. The monoisotopic (exact) mass is 267 g/mol. The molecule has 7 nitrogen and oxygen atoms in total. The van der Waals surface area contributed by atoms with Crippen LogP contribution in [0.2, 0.25) is 0 Å². The van der Waals surface area contributed by atoms with Crippen LogP contribution in [0, 0.1) is 0 Å². The Hall–Kier alpha value is -0.380.